The van der Waals surface area contributed by atoms with E-state index >= 15 is 0 Å². The molecule has 0 atom stereocenters. The number of methoxy groups -OCH3 is 1. The molecule has 2 rings (SSSR count). The van der Waals surface area contributed by atoms with Crippen molar-refractivity contribution >= 4 is 17.1 Å². The van der Waals surface area contributed by atoms with Crippen molar-refractivity contribution in [3.05, 3.63) is 42.0 Å². The van der Waals surface area contributed by atoms with Crippen LogP contribution in [-0.4, -0.2) is 13.7 Å². The minimum absolute atomic E-state index is 0.0538. The highest BCUT2D eigenvalue weighted by molar-refractivity contribution is 5.74. The van der Waals surface area contributed by atoms with Crippen LogP contribution in [0.15, 0.2) is 30.3 Å². The Hall–Kier alpha value is -2.50. The third-order valence-electron chi connectivity index (χ3n) is 2.83. The summed E-state index contributed by atoms with van der Waals surface area (Å²) in [5.74, 6) is -0.821. The lowest BCUT2D eigenvalue weighted by Gasteiger charge is -2.13. The van der Waals surface area contributed by atoms with E-state index in [4.69, 9.17) is 15.2 Å². The van der Waals surface area contributed by atoms with Gasteiger partial charge in [0.25, 0.3) is 0 Å². The molecular formula is C15H16F2N2O2. The Labute approximate surface area is 121 Å². The molecule has 0 radical (unpaired) electrons. The van der Waals surface area contributed by atoms with Crippen LogP contribution in [0.2, 0.25) is 0 Å². The van der Waals surface area contributed by atoms with Crippen LogP contribution in [0.5, 0.6) is 11.5 Å². The highest BCUT2D eigenvalue weighted by Gasteiger charge is 2.10. The van der Waals surface area contributed by atoms with Gasteiger partial charge in [-0.25, -0.2) is 8.78 Å². The van der Waals surface area contributed by atoms with Gasteiger partial charge in [0.05, 0.1) is 25.1 Å². The van der Waals surface area contributed by atoms with E-state index in [1.54, 1.807) is 13.0 Å². The molecule has 0 aliphatic carbocycles. The third kappa shape index (κ3) is 3.34. The van der Waals surface area contributed by atoms with Gasteiger partial charge in [-0.05, 0) is 19.1 Å². The molecule has 0 aromatic heterocycles. The Bertz CT molecular complexity index is 648. The number of nitrogen functional groups attached to an aromatic ring is 1. The second-order valence-electron chi connectivity index (χ2n) is 4.28. The number of halogens is 2. The fraction of sp³-hybridized carbons (Fsp3) is 0.200. The molecule has 112 valence electrons. The summed E-state index contributed by atoms with van der Waals surface area (Å²) in [5, 5.41) is 2.92. The average molecular weight is 294 g/mol. The summed E-state index contributed by atoms with van der Waals surface area (Å²) in [6, 6.07) is 6.99. The quantitative estimate of drug-likeness (QED) is 0.826. The van der Waals surface area contributed by atoms with Gasteiger partial charge in [-0.15, -0.1) is 0 Å². The Morgan fingerprint density at radius 1 is 1.10 bits per heavy atom. The predicted molar refractivity (Wildman–Crippen MR) is 78.2 cm³/mol. The second-order valence-corrected chi connectivity index (χ2v) is 4.28. The molecule has 3 N–H and O–H groups in total. The molecular weight excluding hydrogens is 278 g/mol. The van der Waals surface area contributed by atoms with Crippen LogP contribution in [0.4, 0.5) is 25.8 Å². The standard InChI is InChI=1S/C15H16F2N2O2/c1-3-21-14-5-4-9(6-10(14)16)19-13-8-15(20-2)11(17)7-12(13)18/h4-8,19H,3,18H2,1-2H3. The molecule has 0 fully saturated rings. The molecule has 0 amide bonds. The summed E-state index contributed by atoms with van der Waals surface area (Å²) in [5.41, 5.74) is 6.83. The van der Waals surface area contributed by atoms with E-state index in [9.17, 15) is 8.78 Å². The average Bonchev–Trinajstić information content (AvgIpc) is 2.45. The van der Waals surface area contributed by atoms with Crippen LogP contribution in [0.3, 0.4) is 0 Å². The maximum Gasteiger partial charge on any atom is 0.167 e. The summed E-state index contributed by atoms with van der Waals surface area (Å²) in [6.07, 6.45) is 0. The van der Waals surface area contributed by atoms with Crippen molar-refractivity contribution in [3.63, 3.8) is 0 Å². The summed E-state index contributed by atoms with van der Waals surface area (Å²) < 4.78 is 37.2. The normalized spacial score (nSPS) is 10.3. The smallest absolute Gasteiger partial charge is 0.167 e. The minimum atomic E-state index is -0.557. The van der Waals surface area contributed by atoms with Crippen molar-refractivity contribution in [1.29, 1.82) is 0 Å². The van der Waals surface area contributed by atoms with Gasteiger partial charge in [-0.1, -0.05) is 0 Å². The van der Waals surface area contributed by atoms with Crippen LogP contribution in [0.25, 0.3) is 0 Å². The van der Waals surface area contributed by atoms with Gasteiger partial charge in [0, 0.05) is 23.9 Å². The van der Waals surface area contributed by atoms with E-state index in [1.165, 1.54) is 25.3 Å². The van der Waals surface area contributed by atoms with E-state index in [1.807, 2.05) is 0 Å². The van der Waals surface area contributed by atoms with Gasteiger partial charge in [0.1, 0.15) is 0 Å². The lowest BCUT2D eigenvalue weighted by atomic mass is 10.2. The zero-order chi connectivity index (χ0) is 15.4. The van der Waals surface area contributed by atoms with Crippen LogP contribution < -0.4 is 20.5 Å². The second kappa shape index (κ2) is 6.30. The van der Waals surface area contributed by atoms with Crippen LogP contribution in [0, 0.1) is 11.6 Å². The molecule has 21 heavy (non-hydrogen) atoms. The summed E-state index contributed by atoms with van der Waals surface area (Å²) in [7, 11) is 1.36. The van der Waals surface area contributed by atoms with Gasteiger partial charge in [0.15, 0.2) is 23.1 Å². The lowest BCUT2D eigenvalue weighted by Crippen LogP contribution is -2.00. The maximum absolute atomic E-state index is 13.8. The Morgan fingerprint density at radius 2 is 1.81 bits per heavy atom. The number of rotatable bonds is 5. The monoisotopic (exact) mass is 294 g/mol. The number of anilines is 3. The fourth-order valence-electron chi connectivity index (χ4n) is 1.84. The SMILES string of the molecule is CCOc1ccc(Nc2cc(OC)c(F)cc2N)cc1F. The number of hydrogen-bond donors (Lipinski definition) is 2. The number of hydrogen-bond acceptors (Lipinski definition) is 4. The fourth-order valence-corrected chi connectivity index (χ4v) is 1.84. The molecule has 0 heterocycles. The first-order valence-corrected chi connectivity index (χ1v) is 6.37. The molecule has 0 unspecified atom stereocenters. The molecule has 2 aromatic carbocycles. The Kier molecular flexibility index (Phi) is 4.47. The first kappa shape index (κ1) is 14.9. The molecule has 0 aliphatic rings. The highest BCUT2D eigenvalue weighted by Crippen LogP contribution is 2.31. The summed E-state index contributed by atoms with van der Waals surface area (Å²) >= 11 is 0. The molecule has 0 aliphatic heterocycles. The van der Waals surface area contributed by atoms with Crippen molar-refractivity contribution in [1.82, 2.24) is 0 Å². The number of benzene rings is 2. The van der Waals surface area contributed by atoms with Gasteiger partial charge in [-0.2, -0.15) is 0 Å². The topological polar surface area (TPSA) is 56.5 Å². The third-order valence-corrected chi connectivity index (χ3v) is 2.83. The van der Waals surface area contributed by atoms with Crippen LogP contribution >= 0.6 is 0 Å². The predicted octanol–water partition coefficient (Wildman–Crippen LogP) is 3.70. The first-order valence-electron chi connectivity index (χ1n) is 6.37. The molecule has 0 spiro atoms. The summed E-state index contributed by atoms with van der Waals surface area (Å²) in [6.45, 7) is 2.16. The molecule has 2 aromatic rings. The Balaban J connectivity index is 2.28. The van der Waals surface area contributed by atoms with Crippen molar-refractivity contribution in [2.45, 2.75) is 6.92 Å². The largest absolute Gasteiger partial charge is 0.494 e. The van der Waals surface area contributed by atoms with Crippen LogP contribution in [-0.2, 0) is 0 Å². The van der Waals surface area contributed by atoms with Gasteiger partial charge in [0.2, 0.25) is 0 Å². The number of nitrogens with one attached hydrogen (secondary N) is 1. The summed E-state index contributed by atoms with van der Waals surface area (Å²) in [4.78, 5) is 0. The Morgan fingerprint density at radius 3 is 2.43 bits per heavy atom. The van der Waals surface area contributed by atoms with E-state index < -0.39 is 11.6 Å². The molecule has 0 saturated heterocycles. The van der Waals surface area contributed by atoms with E-state index in [0.29, 0.717) is 18.0 Å². The van der Waals surface area contributed by atoms with Crippen LogP contribution in [0.1, 0.15) is 6.92 Å². The van der Waals surface area contributed by atoms with E-state index in [2.05, 4.69) is 5.32 Å². The van der Waals surface area contributed by atoms with Crippen molar-refractivity contribution in [2.24, 2.45) is 0 Å². The molecule has 6 heteroatoms. The van der Waals surface area contributed by atoms with Gasteiger partial charge in [-0.3, -0.25) is 0 Å². The first-order chi connectivity index (χ1) is 10.0. The molecule has 4 nitrogen and oxygen atoms in total. The maximum atomic E-state index is 13.8. The number of nitrogens with two attached hydrogens (primary N) is 1. The van der Waals surface area contributed by atoms with E-state index in [-0.39, 0.29) is 17.2 Å². The molecule has 0 bridgehead atoms. The highest BCUT2D eigenvalue weighted by atomic mass is 19.1. The van der Waals surface area contributed by atoms with Crippen molar-refractivity contribution < 1.29 is 18.3 Å². The van der Waals surface area contributed by atoms with E-state index in [0.717, 1.165) is 6.07 Å². The molecule has 0 saturated carbocycles. The zero-order valence-electron chi connectivity index (χ0n) is 11.7. The van der Waals surface area contributed by atoms with Crippen molar-refractivity contribution in [3.8, 4) is 11.5 Å². The number of ether oxygens (including phenoxy) is 2. The van der Waals surface area contributed by atoms with Gasteiger partial charge < -0.3 is 20.5 Å². The lowest BCUT2D eigenvalue weighted by molar-refractivity contribution is 0.321. The van der Waals surface area contributed by atoms with Gasteiger partial charge >= 0.3 is 0 Å². The minimum Gasteiger partial charge on any atom is -0.494 e. The van der Waals surface area contributed by atoms with Crippen molar-refractivity contribution in [2.75, 3.05) is 24.8 Å². The zero-order valence-corrected chi connectivity index (χ0v) is 11.7.